The van der Waals surface area contributed by atoms with E-state index in [0.29, 0.717) is 47.6 Å². The second-order valence-electron chi connectivity index (χ2n) is 7.99. The summed E-state index contributed by atoms with van der Waals surface area (Å²) in [6, 6.07) is 2.25. The Balaban J connectivity index is 1.85. The van der Waals surface area contributed by atoms with Crippen LogP contribution in [0.15, 0.2) is 9.70 Å². The molecule has 1 saturated carbocycles. The predicted molar refractivity (Wildman–Crippen MR) is 126 cm³/mol. The number of carbonyl (C=O) groups excluding carboxylic acids is 1. The first kappa shape index (κ1) is 22.1. The molecular formula is C22H26N4O3S2. The molecular weight excluding hydrogens is 432 g/mol. The Hall–Kier alpha value is -2.15. The average molecular weight is 459 g/mol. The minimum atomic E-state index is -0.292. The molecule has 7 nitrogen and oxygen atoms in total. The zero-order valence-corrected chi connectivity index (χ0v) is 19.5. The number of ether oxygens (including phenoxy) is 1. The van der Waals surface area contributed by atoms with Crippen LogP contribution in [-0.2, 0) is 16.1 Å². The molecule has 0 bridgehead atoms. The molecule has 3 heterocycles. The van der Waals surface area contributed by atoms with E-state index in [2.05, 4.69) is 11.0 Å². The van der Waals surface area contributed by atoms with E-state index in [1.807, 2.05) is 13.0 Å². The maximum absolute atomic E-state index is 13.3. The molecule has 0 unspecified atom stereocenters. The molecule has 3 fully saturated rings. The fourth-order valence-electron chi connectivity index (χ4n) is 4.64. The van der Waals surface area contributed by atoms with Gasteiger partial charge in [-0.25, -0.2) is 0 Å². The van der Waals surface area contributed by atoms with E-state index in [1.54, 1.807) is 16.4 Å². The van der Waals surface area contributed by atoms with Gasteiger partial charge in [0.25, 0.3) is 11.5 Å². The Labute approximate surface area is 191 Å². The summed E-state index contributed by atoms with van der Waals surface area (Å²) in [4.78, 5) is 30.7. The van der Waals surface area contributed by atoms with Gasteiger partial charge in [-0.05, 0) is 38.3 Å². The molecule has 0 N–H and O–H groups in total. The van der Waals surface area contributed by atoms with Gasteiger partial charge in [0.15, 0.2) is 0 Å². The Bertz CT molecular complexity index is 1040. The van der Waals surface area contributed by atoms with Gasteiger partial charge in [0.2, 0.25) is 0 Å². The Morgan fingerprint density at radius 3 is 2.55 bits per heavy atom. The molecule has 0 atom stereocenters. The number of rotatable bonds is 4. The van der Waals surface area contributed by atoms with Crippen LogP contribution in [0, 0.1) is 18.3 Å². The number of carbonyl (C=O) groups is 1. The van der Waals surface area contributed by atoms with E-state index < -0.39 is 0 Å². The number of thioether (sulfide) groups is 1. The zero-order valence-electron chi connectivity index (χ0n) is 17.8. The highest BCUT2D eigenvalue weighted by Gasteiger charge is 2.38. The third kappa shape index (κ3) is 3.93. The highest BCUT2D eigenvalue weighted by molar-refractivity contribution is 8.26. The first-order chi connectivity index (χ1) is 15.0. The van der Waals surface area contributed by atoms with Crippen LogP contribution in [0.3, 0.4) is 0 Å². The maximum atomic E-state index is 13.3. The fourth-order valence-corrected chi connectivity index (χ4v) is 6.02. The molecule has 1 amide bonds. The van der Waals surface area contributed by atoms with Crippen molar-refractivity contribution in [3.05, 3.63) is 31.9 Å². The van der Waals surface area contributed by atoms with Gasteiger partial charge in [-0.2, -0.15) is 5.26 Å². The van der Waals surface area contributed by atoms with Crippen LogP contribution in [0.1, 0.15) is 49.3 Å². The van der Waals surface area contributed by atoms with Crippen LogP contribution in [0.25, 0.3) is 6.08 Å². The van der Waals surface area contributed by atoms with Crippen molar-refractivity contribution < 1.29 is 9.53 Å². The molecule has 3 aliphatic rings. The normalized spacial score (nSPS) is 21.4. The summed E-state index contributed by atoms with van der Waals surface area (Å²) in [7, 11) is 0. The van der Waals surface area contributed by atoms with Gasteiger partial charge in [-0.3, -0.25) is 19.1 Å². The SMILES string of the molecule is CCn1c(N2CCOCC2)c(C=C2SC(=S)N(C3CCCC3)C2=O)c(C)c(C#N)c1=O. The third-order valence-electron chi connectivity index (χ3n) is 6.26. The first-order valence-corrected chi connectivity index (χ1v) is 12.0. The lowest BCUT2D eigenvalue weighted by atomic mass is 10.0. The number of aromatic nitrogens is 1. The minimum Gasteiger partial charge on any atom is -0.378 e. The molecule has 2 aliphatic heterocycles. The molecule has 2 saturated heterocycles. The van der Waals surface area contributed by atoms with Crippen LogP contribution in [0.4, 0.5) is 5.82 Å². The largest absolute Gasteiger partial charge is 0.378 e. The molecule has 0 spiro atoms. The fraction of sp³-hybridized carbons (Fsp3) is 0.545. The van der Waals surface area contributed by atoms with E-state index in [1.165, 1.54) is 11.8 Å². The Kier molecular flexibility index (Phi) is 6.51. The van der Waals surface area contributed by atoms with Gasteiger partial charge < -0.3 is 9.64 Å². The summed E-state index contributed by atoms with van der Waals surface area (Å²) in [5.74, 6) is 0.681. The van der Waals surface area contributed by atoms with Crippen molar-refractivity contribution in [3.8, 4) is 6.07 Å². The predicted octanol–water partition coefficient (Wildman–Crippen LogP) is 3.03. The van der Waals surface area contributed by atoms with Crippen molar-refractivity contribution >= 4 is 46.1 Å². The van der Waals surface area contributed by atoms with E-state index in [0.717, 1.165) is 37.1 Å². The number of anilines is 1. The molecule has 0 radical (unpaired) electrons. The lowest BCUT2D eigenvalue weighted by Gasteiger charge is -2.33. The highest BCUT2D eigenvalue weighted by Crippen LogP contribution is 2.39. The number of nitrogens with zero attached hydrogens (tertiary/aromatic N) is 4. The van der Waals surface area contributed by atoms with E-state index in [9.17, 15) is 14.9 Å². The van der Waals surface area contributed by atoms with Gasteiger partial charge in [-0.15, -0.1) is 0 Å². The molecule has 4 rings (SSSR count). The first-order valence-electron chi connectivity index (χ1n) is 10.7. The lowest BCUT2D eigenvalue weighted by molar-refractivity contribution is -0.123. The monoisotopic (exact) mass is 458 g/mol. The number of nitriles is 1. The highest BCUT2D eigenvalue weighted by atomic mass is 32.2. The number of hydrogen-bond acceptors (Lipinski definition) is 7. The molecule has 31 heavy (non-hydrogen) atoms. The smallest absolute Gasteiger partial charge is 0.270 e. The summed E-state index contributed by atoms with van der Waals surface area (Å²) in [5, 5.41) is 9.67. The Morgan fingerprint density at radius 2 is 1.94 bits per heavy atom. The lowest BCUT2D eigenvalue weighted by Crippen LogP contribution is -2.41. The van der Waals surface area contributed by atoms with E-state index >= 15 is 0 Å². The molecule has 9 heteroatoms. The third-order valence-corrected chi connectivity index (χ3v) is 7.59. The van der Waals surface area contributed by atoms with Crippen molar-refractivity contribution in [2.24, 2.45) is 0 Å². The Morgan fingerprint density at radius 1 is 1.26 bits per heavy atom. The quantitative estimate of drug-likeness (QED) is 0.507. The summed E-state index contributed by atoms with van der Waals surface area (Å²) >= 11 is 6.86. The zero-order chi connectivity index (χ0) is 22.1. The van der Waals surface area contributed by atoms with E-state index in [-0.39, 0.29) is 23.1 Å². The second-order valence-corrected chi connectivity index (χ2v) is 9.66. The van der Waals surface area contributed by atoms with E-state index in [4.69, 9.17) is 17.0 Å². The van der Waals surface area contributed by atoms with Crippen LogP contribution in [-0.4, -0.2) is 52.0 Å². The van der Waals surface area contributed by atoms with Gasteiger partial charge >= 0.3 is 0 Å². The molecule has 1 aromatic rings. The number of amides is 1. The number of morpholine rings is 1. The van der Waals surface area contributed by atoms with Crippen molar-refractivity contribution in [3.63, 3.8) is 0 Å². The van der Waals surface area contributed by atoms with Crippen LogP contribution in [0.5, 0.6) is 0 Å². The van der Waals surface area contributed by atoms with Crippen LogP contribution < -0.4 is 10.5 Å². The molecule has 0 aromatic carbocycles. The average Bonchev–Trinajstić information content (AvgIpc) is 3.38. The van der Waals surface area contributed by atoms with Crippen molar-refractivity contribution in [2.45, 2.75) is 52.1 Å². The molecule has 164 valence electrons. The minimum absolute atomic E-state index is 0.0676. The van der Waals surface area contributed by atoms with Crippen molar-refractivity contribution in [2.75, 3.05) is 31.2 Å². The van der Waals surface area contributed by atoms with Gasteiger partial charge in [0.05, 0.1) is 18.1 Å². The van der Waals surface area contributed by atoms with Crippen molar-refractivity contribution in [1.29, 1.82) is 5.26 Å². The van der Waals surface area contributed by atoms with Gasteiger partial charge in [0.1, 0.15) is 21.8 Å². The van der Waals surface area contributed by atoms with Gasteiger partial charge in [-0.1, -0.05) is 36.8 Å². The number of thiocarbonyl (C=S) groups is 1. The van der Waals surface area contributed by atoms with Crippen molar-refractivity contribution in [1.82, 2.24) is 9.47 Å². The standard InChI is InChI=1S/C22H26N4O3S2/c1-3-25-19(24-8-10-29-11-9-24)16(14(2)17(13-23)20(25)27)12-18-21(28)26(22(30)31-18)15-6-4-5-7-15/h12,15H,3-11H2,1-2H3. The van der Waals surface area contributed by atoms with Crippen LogP contribution in [0.2, 0.25) is 0 Å². The topological polar surface area (TPSA) is 78.6 Å². The summed E-state index contributed by atoms with van der Waals surface area (Å²) in [6.07, 6.45) is 6.04. The maximum Gasteiger partial charge on any atom is 0.270 e. The second kappa shape index (κ2) is 9.15. The number of hydrogen-bond donors (Lipinski definition) is 0. The summed E-state index contributed by atoms with van der Waals surface area (Å²) < 4.78 is 7.73. The number of pyridine rings is 1. The summed E-state index contributed by atoms with van der Waals surface area (Å²) in [6.45, 7) is 6.55. The summed E-state index contributed by atoms with van der Waals surface area (Å²) in [5.41, 5.74) is 1.17. The van der Waals surface area contributed by atoms with Gasteiger partial charge in [0, 0.05) is 31.2 Å². The molecule has 1 aromatic heterocycles. The van der Waals surface area contributed by atoms with Crippen LogP contribution >= 0.6 is 24.0 Å². The molecule has 1 aliphatic carbocycles.